The van der Waals surface area contributed by atoms with E-state index in [0.29, 0.717) is 12.8 Å². The van der Waals surface area contributed by atoms with Crippen molar-refractivity contribution in [1.29, 1.82) is 0 Å². The zero-order valence-electron chi connectivity index (χ0n) is 8.37. The van der Waals surface area contributed by atoms with Crippen LogP contribution in [-0.4, -0.2) is 12.4 Å². The SMILES string of the molecule is CCCC(=O)c1ccccc1OC(F)F. The van der Waals surface area contributed by atoms with Crippen molar-refractivity contribution in [2.24, 2.45) is 0 Å². The molecule has 4 heteroatoms. The van der Waals surface area contributed by atoms with Crippen LogP contribution in [0.3, 0.4) is 0 Å². The normalized spacial score (nSPS) is 10.4. The minimum Gasteiger partial charge on any atom is -0.434 e. The Morgan fingerprint density at radius 3 is 2.67 bits per heavy atom. The molecular weight excluding hydrogens is 202 g/mol. The maximum Gasteiger partial charge on any atom is 0.387 e. The van der Waals surface area contributed by atoms with Crippen molar-refractivity contribution in [2.75, 3.05) is 0 Å². The Kier molecular flexibility index (Phi) is 4.21. The molecule has 0 heterocycles. The van der Waals surface area contributed by atoms with E-state index >= 15 is 0 Å². The maximum atomic E-state index is 12.0. The molecule has 1 aromatic carbocycles. The molecule has 82 valence electrons. The molecule has 0 aliphatic heterocycles. The second kappa shape index (κ2) is 5.44. The Labute approximate surface area is 86.9 Å². The van der Waals surface area contributed by atoms with Gasteiger partial charge in [0.05, 0.1) is 5.56 Å². The minimum absolute atomic E-state index is 0.0500. The molecule has 0 radical (unpaired) electrons. The van der Waals surface area contributed by atoms with Crippen molar-refractivity contribution < 1.29 is 18.3 Å². The summed E-state index contributed by atoms with van der Waals surface area (Å²) in [6.07, 6.45) is 1.02. The number of ketones is 1. The van der Waals surface area contributed by atoms with E-state index in [0.717, 1.165) is 0 Å². The maximum absolute atomic E-state index is 12.0. The van der Waals surface area contributed by atoms with E-state index in [-0.39, 0.29) is 17.1 Å². The van der Waals surface area contributed by atoms with E-state index in [1.165, 1.54) is 12.1 Å². The Morgan fingerprint density at radius 2 is 2.07 bits per heavy atom. The first-order valence-corrected chi connectivity index (χ1v) is 4.72. The third kappa shape index (κ3) is 3.31. The summed E-state index contributed by atoms with van der Waals surface area (Å²) in [7, 11) is 0. The predicted molar refractivity (Wildman–Crippen MR) is 52.3 cm³/mol. The zero-order valence-corrected chi connectivity index (χ0v) is 8.37. The summed E-state index contributed by atoms with van der Waals surface area (Å²) in [6.45, 7) is -1.05. The van der Waals surface area contributed by atoms with E-state index in [4.69, 9.17) is 0 Å². The van der Waals surface area contributed by atoms with Crippen LogP contribution in [0.1, 0.15) is 30.1 Å². The topological polar surface area (TPSA) is 26.3 Å². The van der Waals surface area contributed by atoms with E-state index in [9.17, 15) is 13.6 Å². The quantitative estimate of drug-likeness (QED) is 0.703. The summed E-state index contributed by atoms with van der Waals surface area (Å²) in [5.41, 5.74) is 0.222. The van der Waals surface area contributed by atoms with Gasteiger partial charge in [-0.1, -0.05) is 19.1 Å². The van der Waals surface area contributed by atoms with E-state index in [1.54, 1.807) is 12.1 Å². The highest BCUT2D eigenvalue weighted by atomic mass is 19.3. The number of hydrogen-bond acceptors (Lipinski definition) is 2. The van der Waals surface area contributed by atoms with Crippen LogP contribution in [0.5, 0.6) is 5.75 Å². The molecule has 0 aromatic heterocycles. The molecule has 0 saturated heterocycles. The predicted octanol–water partition coefficient (Wildman–Crippen LogP) is 3.27. The first kappa shape index (κ1) is 11.6. The second-order valence-corrected chi connectivity index (χ2v) is 3.05. The number of benzene rings is 1. The van der Waals surface area contributed by atoms with Gasteiger partial charge in [0.1, 0.15) is 5.75 Å². The molecule has 0 fully saturated rings. The highest BCUT2D eigenvalue weighted by molar-refractivity contribution is 5.98. The van der Waals surface area contributed by atoms with Gasteiger partial charge in [0.25, 0.3) is 0 Å². The number of carbonyl (C=O) groups excluding carboxylic acids is 1. The molecule has 1 aromatic rings. The van der Waals surface area contributed by atoms with Gasteiger partial charge >= 0.3 is 6.61 Å². The third-order valence-electron chi connectivity index (χ3n) is 1.88. The molecule has 0 bridgehead atoms. The summed E-state index contributed by atoms with van der Waals surface area (Å²) in [5, 5.41) is 0. The number of alkyl halides is 2. The molecule has 2 nitrogen and oxygen atoms in total. The number of hydrogen-bond donors (Lipinski definition) is 0. The lowest BCUT2D eigenvalue weighted by molar-refractivity contribution is -0.0501. The molecule has 15 heavy (non-hydrogen) atoms. The van der Waals surface area contributed by atoms with Crippen LogP contribution in [0.4, 0.5) is 8.78 Å². The molecule has 0 saturated carbocycles. The number of ether oxygens (including phenoxy) is 1. The number of para-hydroxylation sites is 1. The third-order valence-corrected chi connectivity index (χ3v) is 1.88. The highest BCUT2D eigenvalue weighted by Crippen LogP contribution is 2.21. The molecule has 0 aliphatic rings. The first-order chi connectivity index (χ1) is 7.15. The Bertz CT molecular complexity index is 337. The molecular formula is C11H12F2O2. The van der Waals surface area contributed by atoms with Crippen molar-refractivity contribution in [3.05, 3.63) is 29.8 Å². The Balaban J connectivity index is 2.90. The second-order valence-electron chi connectivity index (χ2n) is 3.05. The average Bonchev–Trinajstić information content (AvgIpc) is 2.18. The fourth-order valence-electron chi connectivity index (χ4n) is 1.26. The van der Waals surface area contributed by atoms with Gasteiger partial charge in [-0.2, -0.15) is 8.78 Å². The van der Waals surface area contributed by atoms with Gasteiger partial charge in [-0.05, 0) is 18.6 Å². The first-order valence-electron chi connectivity index (χ1n) is 4.72. The molecule has 0 N–H and O–H groups in total. The van der Waals surface area contributed by atoms with E-state index in [2.05, 4.69) is 4.74 Å². The van der Waals surface area contributed by atoms with Crippen LogP contribution in [-0.2, 0) is 0 Å². The van der Waals surface area contributed by atoms with E-state index < -0.39 is 6.61 Å². The standard InChI is InChI=1S/C11H12F2O2/c1-2-5-9(14)8-6-3-4-7-10(8)15-11(12)13/h3-4,6-7,11H,2,5H2,1H3. The largest absolute Gasteiger partial charge is 0.434 e. The van der Waals surface area contributed by atoms with Gasteiger partial charge in [-0.3, -0.25) is 4.79 Å². The number of Topliss-reactive ketones (excluding diaryl/α,β-unsaturated/α-hetero) is 1. The van der Waals surface area contributed by atoms with E-state index in [1.807, 2.05) is 6.92 Å². The van der Waals surface area contributed by atoms with Crippen LogP contribution in [0.2, 0.25) is 0 Å². The average molecular weight is 214 g/mol. The monoisotopic (exact) mass is 214 g/mol. The van der Waals surface area contributed by atoms with Crippen LogP contribution >= 0.6 is 0 Å². The molecule has 0 atom stereocenters. The summed E-state index contributed by atoms with van der Waals surface area (Å²) >= 11 is 0. The molecule has 0 aliphatic carbocycles. The van der Waals surface area contributed by atoms with Crippen molar-refractivity contribution in [1.82, 2.24) is 0 Å². The fourth-order valence-corrected chi connectivity index (χ4v) is 1.26. The van der Waals surface area contributed by atoms with Gasteiger partial charge in [0, 0.05) is 6.42 Å². The summed E-state index contributed by atoms with van der Waals surface area (Å²) in [5.74, 6) is -0.222. The van der Waals surface area contributed by atoms with Crippen molar-refractivity contribution >= 4 is 5.78 Å². The number of halogens is 2. The van der Waals surface area contributed by atoms with Gasteiger partial charge in [0.15, 0.2) is 5.78 Å². The molecule has 1 rings (SSSR count). The lowest BCUT2D eigenvalue weighted by Crippen LogP contribution is -2.07. The van der Waals surface area contributed by atoms with Crippen LogP contribution < -0.4 is 4.74 Å². The molecule has 0 spiro atoms. The van der Waals surface area contributed by atoms with Gasteiger partial charge in [-0.15, -0.1) is 0 Å². The summed E-state index contributed by atoms with van der Waals surface area (Å²) in [6, 6.07) is 6.05. The van der Waals surface area contributed by atoms with Gasteiger partial charge in [-0.25, -0.2) is 0 Å². The highest BCUT2D eigenvalue weighted by Gasteiger charge is 2.13. The van der Waals surface area contributed by atoms with Crippen LogP contribution in [0, 0.1) is 0 Å². The number of rotatable bonds is 5. The fraction of sp³-hybridized carbons (Fsp3) is 0.364. The van der Waals surface area contributed by atoms with Gasteiger partial charge in [0.2, 0.25) is 0 Å². The number of carbonyl (C=O) groups is 1. The molecule has 0 amide bonds. The Morgan fingerprint density at radius 1 is 1.40 bits per heavy atom. The summed E-state index contributed by atoms with van der Waals surface area (Å²) < 4.78 is 28.3. The van der Waals surface area contributed by atoms with Crippen molar-refractivity contribution in [3.63, 3.8) is 0 Å². The van der Waals surface area contributed by atoms with Crippen LogP contribution in [0.15, 0.2) is 24.3 Å². The van der Waals surface area contributed by atoms with Gasteiger partial charge < -0.3 is 4.74 Å². The molecule has 0 unspecified atom stereocenters. The minimum atomic E-state index is -2.90. The van der Waals surface area contributed by atoms with Crippen molar-refractivity contribution in [2.45, 2.75) is 26.4 Å². The van der Waals surface area contributed by atoms with Crippen LogP contribution in [0.25, 0.3) is 0 Å². The zero-order chi connectivity index (χ0) is 11.3. The smallest absolute Gasteiger partial charge is 0.387 e. The Hall–Kier alpha value is -1.45. The van der Waals surface area contributed by atoms with Crippen molar-refractivity contribution in [3.8, 4) is 5.75 Å². The summed E-state index contributed by atoms with van der Waals surface area (Å²) in [4.78, 5) is 11.5. The lowest BCUT2D eigenvalue weighted by Gasteiger charge is -2.08. The lowest BCUT2D eigenvalue weighted by atomic mass is 10.1.